The van der Waals surface area contributed by atoms with Crippen LogP contribution in [0.25, 0.3) is 0 Å². The van der Waals surface area contributed by atoms with Gasteiger partial charge >= 0.3 is 0 Å². The molecule has 1 aromatic carbocycles. The molecule has 0 fully saturated rings. The van der Waals surface area contributed by atoms with E-state index < -0.39 is 23.1 Å². The SMILES string of the molecule is COc1ncc(Nc2cc(F)cc(F)c2)nc1C(=O)NC(C)(C)C. The average Bonchev–Trinajstić information content (AvgIpc) is 2.44. The summed E-state index contributed by atoms with van der Waals surface area (Å²) in [5.41, 5.74) is -0.359. The predicted octanol–water partition coefficient (Wildman–Crippen LogP) is 3.04. The van der Waals surface area contributed by atoms with Crippen molar-refractivity contribution in [2.75, 3.05) is 12.4 Å². The minimum atomic E-state index is -0.732. The van der Waals surface area contributed by atoms with E-state index in [1.54, 1.807) is 0 Å². The Labute approximate surface area is 138 Å². The van der Waals surface area contributed by atoms with E-state index in [1.807, 2.05) is 20.8 Å². The maximum atomic E-state index is 13.2. The Morgan fingerprint density at radius 3 is 2.33 bits per heavy atom. The zero-order valence-corrected chi connectivity index (χ0v) is 13.8. The molecular weight excluding hydrogens is 318 g/mol. The molecule has 128 valence electrons. The van der Waals surface area contributed by atoms with Crippen LogP contribution in [0.5, 0.6) is 5.88 Å². The summed E-state index contributed by atoms with van der Waals surface area (Å²) in [7, 11) is 1.37. The second kappa shape index (κ2) is 6.77. The van der Waals surface area contributed by atoms with E-state index in [9.17, 15) is 13.6 Å². The van der Waals surface area contributed by atoms with E-state index in [0.29, 0.717) is 0 Å². The molecule has 1 heterocycles. The quantitative estimate of drug-likeness (QED) is 0.897. The second-order valence-corrected chi connectivity index (χ2v) is 6.10. The van der Waals surface area contributed by atoms with Crippen molar-refractivity contribution < 1.29 is 18.3 Å². The molecule has 0 aliphatic rings. The molecule has 2 N–H and O–H groups in total. The largest absolute Gasteiger partial charge is 0.479 e. The number of aromatic nitrogens is 2. The third-order valence-corrected chi connectivity index (χ3v) is 2.77. The molecule has 2 rings (SSSR count). The third kappa shape index (κ3) is 4.61. The van der Waals surface area contributed by atoms with Crippen molar-refractivity contribution in [2.45, 2.75) is 26.3 Å². The van der Waals surface area contributed by atoms with Crippen molar-refractivity contribution in [3.63, 3.8) is 0 Å². The van der Waals surface area contributed by atoms with Crippen molar-refractivity contribution in [1.82, 2.24) is 15.3 Å². The number of nitrogens with one attached hydrogen (secondary N) is 2. The molecule has 1 amide bonds. The highest BCUT2D eigenvalue weighted by Crippen LogP contribution is 2.21. The van der Waals surface area contributed by atoms with E-state index in [0.717, 1.165) is 18.2 Å². The summed E-state index contributed by atoms with van der Waals surface area (Å²) in [6.45, 7) is 5.47. The number of anilines is 2. The van der Waals surface area contributed by atoms with E-state index >= 15 is 0 Å². The van der Waals surface area contributed by atoms with Gasteiger partial charge in [-0.3, -0.25) is 4.79 Å². The standard InChI is InChI=1S/C16H18F2N4O2/c1-16(2,3)22-14(23)13-15(24-4)19-8-12(21-13)20-11-6-9(17)5-10(18)7-11/h5-8H,1-4H3,(H,20,21)(H,22,23). The average molecular weight is 336 g/mol. The lowest BCUT2D eigenvalue weighted by Gasteiger charge is -2.20. The number of carbonyl (C=O) groups is 1. The molecule has 0 radical (unpaired) electrons. The Bertz CT molecular complexity index is 740. The first kappa shape index (κ1) is 17.6. The fourth-order valence-corrected chi connectivity index (χ4v) is 1.91. The predicted molar refractivity (Wildman–Crippen MR) is 85.4 cm³/mol. The number of halogens is 2. The molecule has 0 spiro atoms. The van der Waals surface area contributed by atoms with Crippen LogP contribution in [0.3, 0.4) is 0 Å². The van der Waals surface area contributed by atoms with Crippen molar-refractivity contribution in [3.05, 3.63) is 41.7 Å². The number of benzene rings is 1. The highest BCUT2D eigenvalue weighted by molar-refractivity contribution is 5.95. The first-order chi connectivity index (χ1) is 11.2. The summed E-state index contributed by atoms with van der Waals surface area (Å²) in [4.78, 5) is 20.4. The minimum Gasteiger partial charge on any atom is -0.479 e. The molecule has 2 aromatic rings. The lowest BCUT2D eigenvalue weighted by atomic mass is 10.1. The van der Waals surface area contributed by atoms with Crippen molar-refractivity contribution in [1.29, 1.82) is 0 Å². The molecule has 6 nitrogen and oxygen atoms in total. The van der Waals surface area contributed by atoms with Crippen LogP contribution >= 0.6 is 0 Å². The van der Waals surface area contributed by atoms with Crippen molar-refractivity contribution in [3.8, 4) is 5.88 Å². The molecule has 0 aliphatic carbocycles. The highest BCUT2D eigenvalue weighted by Gasteiger charge is 2.21. The maximum Gasteiger partial charge on any atom is 0.276 e. The first-order valence-electron chi connectivity index (χ1n) is 7.14. The Morgan fingerprint density at radius 1 is 1.17 bits per heavy atom. The van der Waals surface area contributed by atoms with Crippen LogP contribution in [0.1, 0.15) is 31.3 Å². The molecule has 8 heteroatoms. The number of nitrogens with zero attached hydrogens (tertiary/aromatic N) is 2. The second-order valence-electron chi connectivity index (χ2n) is 6.10. The molecule has 24 heavy (non-hydrogen) atoms. The normalized spacial score (nSPS) is 11.1. The van der Waals surface area contributed by atoms with Crippen LogP contribution in [-0.4, -0.2) is 28.5 Å². The van der Waals surface area contributed by atoms with E-state index in [2.05, 4.69) is 20.6 Å². The maximum absolute atomic E-state index is 13.2. The fourth-order valence-electron chi connectivity index (χ4n) is 1.91. The number of methoxy groups -OCH3 is 1. The molecular formula is C16H18F2N4O2. The number of ether oxygens (including phenoxy) is 1. The molecule has 0 unspecified atom stereocenters. The third-order valence-electron chi connectivity index (χ3n) is 2.77. The summed E-state index contributed by atoms with van der Waals surface area (Å²) in [5, 5.41) is 5.46. The first-order valence-corrected chi connectivity index (χ1v) is 7.14. The summed E-state index contributed by atoms with van der Waals surface area (Å²) in [5.74, 6) is -1.73. The zero-order chi connectivity index (χ0) is 17.9. The van der Waals surface area contributed by atoms with Gasteiger partial charge in [-0.2, -0.15) is 0 Å². The summed E-state index contributed by atoms with van der Waals surface area (Å²) >= 11 is 0. The minimum absolute atomic E-state index is 0.0331. The zero-order valence-electron chi connectivity index (χ0n) is 13.8. The summed E-state index contributed by atoms with van der Waals surface area (Å²) in [6, 6.07) is 2.96. The van der Waals surface area contributed by atoms with Gasteiger partial charge in [0.1, 0.15) is 17.5 Å². The van der Waals surface area contributed by atoms with Crippen molar-refractivity contribution in [2.24, 2.45) is 0 Å². The van der Waals surface area contributed by atoms with Gasteiger partial charge in [0.05, 0.1) is 13.3 Å². The van der Waals surface area contributed by atoms with E-state index in [-0.39, 0.29) is 23.1 Å². The molecule has 0 saturated heterocycles. The van der Waals surface area contributed by atoms with Gasteiger partial charge in [-0.05, 0) is 32.9 Å². The van der Waals surface area contributed by atoms with Crippen LogP contribution in [0, 0.1) is 11.6 Å². The topological polar surface area (TPSA) is 76.1 Å². The van der Waals surface area contributed by atoms with Gasteiger partial charge in [-0.25, -0.2) is 18.7 Å². The van der Waals surface area contributed by atoms with E-state index in [4.69, 9.17) is 4.74 Å². The van der Waals surface area contributed by atoms with Gasteiger partial charge in [-0.15, -0.1) is 0 Å². The van der Waals surface area contributed by atoms with Gasteiger partial charge in [-0.1, -0.05) is 0 Å². The number of hydrogen-bond donors (Lipinski definition) is 2. The summed E-state index contributed by atoms with van der Waals surface area (Å²) in [6.07, 6.45) is 1.30. The summed E-state index contributed by atoms with van der Waals surface area (Å²) < 4.78 is 31.5. The van der Waals surface area contributed by atoms with Crippen LogP contribution in [0.15, 0.2) is 24.4 Å². The number of carbonyl (C=O) groups excluding carboxylic acids is 1. The van der Waals surface area contributed by atoms with Crippen LogP contribution < -0.4 is 15.4 Å². The van der Waals surface area contributed by atoms with Gasteiger partial charge in [0.25, 0.3) is 5.91 Å². The Morgan fingerprint density at radius 2 is 1.79 bits per heavy atom. The molecule has 0 bridgehead atoms. The molecule has 0 aliphatic heterocycles. The Balaban J connectivity index is 2.32. The van der Waals surface area contributed by atoms with Crippen LogP contribution in [-0.2, 0) is 0 Å². The van der Waals surface area contributed by atoms with Gasteiger partial charge < -0.3 is 15.4 Å². The number of amides is 1. The molecule has 0 saturated carbocycles. The van der Waals surface area contributed by atoms with Gasteiger partial charge in [0.2, 0.25) is 5.88 Å². The number of rotatable bonds is 4. The Kier molecular flexibility index (Phi) is 4.96. The lowest BCUT2D eigenvalue weighted by molar-refractivity contribution is 0.0910. The van der Waals surface area contributed by atoms with Gasteiger partial charge in [0.15, 0.2) is 5.69 Å². The Hall–Kier alpha value is -2.77. The van der Waals surface area contributed by atoms with Crippen LogP contribution in [0.4, 0.5) is 20.3 Å². The van der Waals surface area contributed by atoms with E-state index in [1.165, 1.54) is 13.3 Å². The molecule has 0 atom stereocenters. The van der Waals surface area contributed by atoms with Crippen molar-refractivity contribution >= 4 is 17.4 Å². The highest BCUT2D eigenvalue weighted by atomic mass is 19.1. The van der Waals surface area contributed by atoms with Crippen LogP contribution in [0.2, 0.25) is 0 Å². The number of hydrogen-bond acceptors (Lipinski definition) is 5. The fraction of sp³-hybridized carbons (Fsp3) is 0.312. The monoisotopic (exact) mass is 336 g/mol. The smallest absolute Gasteiger partial charge is 0.276 e. The molecule has 1 aromatic heterocycles. The van der Waals surface area contributed by atoms with Gasteiger partial charge in [0, 0.05) is 17.3 Å². The lowest BCUT2D eigenvalue weighted by Crippen LogP contribution is -2.41.